The lowest BCUT2D eigenvalue weighted by molar-refractivity contribution is 0.132. The van der Waals surface area contributed by atoms with Gasteiger partial charge in [0.05, 0.1) is 6.10 Å². The third-order valence-corrected chi connectivity index (χ3v) is 2.66. The molecule has 0 saturated carbocycles. The van der Waals surface area contributed by atoms with Gasteiger partial charge in [-0.2, -0.15) is 0 Å². The summed E-state index contributed by atoms with van der Waals surface area (Å²) in [6, 6.07) is 5.82. The fourth-order valence-electron chi connectivity index (χ4n) is 1.80. The molecule has 1 rings (SSSR count). The molecule has 0 saturated heterocycles. The first-order valence-electron chi connectivity index (χ1n) is 6.06. The normalized spacial score (nSPS) is 13.5. The maximum absolute atomic E-state index is 9.88. The van der Waals surface area contributed by atoms with Gasteiger partial charge in [-0.3, -0.25) is 0 Å². The quantitative estimate of drug-likeness (QED) is 0.705. The Morgan fingerprint density at radius 2 is 2.00 bits per heavy atom. The van der Waals surface area contributed by atoms with E-state index in [0.717, 1.165) is 23.4 Å². The highest BCUT2D eigenvalue weighted by Crippen LogP contribution is 2.21. The minimum absolute atomic E-state index is 0.151. The number of hydrogen-bond donors (Lipinski definition) is 3. The SMILES string of the molecule is Cc1cc(NCC(O)CC(C)(C)C)ccc1N. The van der Waals surface area contributed by atoms with Crippen molar-refractivity contribution in [2.45, 2.75) is 40.2 Å². The van der Waals surface area contributed by atoms with Crippen LogP contribution in [0.25, 0.3) is 0 Å². The van der Waals surface area contributed by atoms with Crippen molar-refractivity contribution in [1.82, 2.24) is 0 Å². The van der Waals surface area contributed by atoms with Crippen molar-refractivity contribution < 1.29 is 5.11 Å². The molecule has 4 N–H and O–H groups in total. The average molecular weight is 236 g/mol. The summed E-state index contributed by atoms with van der Waals surface area (Å²) >= 11 is 0. The van der Waals surface area contributed by atoms with Crippen molar-refractivity contribution in [3.8, 4) is 0 Å². The zero-order valence-corrected chi connectivity index (χ0v) is 11.2. The zero-order valence-electron chi connectivity index (χ0n) is 11.2. The smallest absolute Gasteiger partial charge is 0.0717 e. The molecule has 17 heavy (non-hydrogen) atoms. The molecule has 0 radical (unpaired) electrons. The molecule has 3 heteroatoms. The molecule has 3 nitrogen and oxygen atoms in total. The Morgan fingerprint density at radius 3 is 2.53 bits per heavy atom. The van der Waals surface area contributed by atoms with Crippen LogP contribution in [0.4, 0.5) is 11.4 Å². The summed E-state index contributed by atoms with van der Waals surface area (Å²) in [5.41, 5.74) is 8.76. The van der Waals surface area contributed by atoms with E-state index in [9.17, 15) is 5.11 Å². The summed E-state index contributed by atoms with van der Waals surface area (Å²) in [5.74, 6) is 0. The second kappa shape index (κ2) is 5.41. The molecular formula is C14H24N2O. The van der Waals surface area contributed by atoms with Crippen molar-refractivity contribution in [1.29, 1.82) is 0 Å². The lowest BCUT2D eigenvalue weighted by Crippen LogP contribution is -2.25. The van der Waals surface area contributed by atoms with E-state index in [1.165, 1.54) is 0 Å². The van der Waals surface area contributed by atoms with Crippen molar-refractivity contribution in [2.75, 3.05) is 17.6 Å². The van der Waals surface area contributed by atoms with Crippen LogP contribution in [0.3, 0.4) is 0 Å². The van der Waals surface area contributed by atoms with E-state index in [1.54, 1.807) is 0 Å². The van der Waals surface area contributed by atoms with Gasteiger partial charge in [0.15, 0.2) is 0 Å². The Bertz CT molecular complexity index is 369. The summed E-state index contributed by atoms with van der Waals surface area (Å²) in [4.78, 5) is 0. The molecule has 1 unspecified atom stereocenters. The lowest BCUT2D eigenvalue weighted by Gasteiger charge is -2.22. The second-order valence-electron chi connectivity index (χ2n) is 5.87. The number of aliphatic hydroxyl groups excluding tert-OH is 1. The average Bonchev–Trinajstić information content (AvgIpc) is 2.17. The first-order valence-corrected chi connectivity index (χ1v) is 6.06. The van der Waals surface area contributed by atoms with E-state index < -0.39 is 0 Å². The molecule has 96 valence electrons. The van der Waals surface area contributed by atoms with Gasteiger partial charge in [-0.15, -0.1) is 0 Å². The number of benzene rings is 1. The van der Waals surface area contributed by atoms with E-state index in [0.29, 0.717) is 6.54 Å². The molecule has 0 aromatic heterocycles. The van der Waals surface area contributed by atoms with Gasteiger partial charge in [-0.25, -0.2) is 0 Å². The zero-order chi connectivity index (χ0) is 13.1. The first-order chi connectivity index (χ1) is 7.78. The van der Waals surface area contributed by atoms with Crippen molar-refractivity contribution in [3.05, 3.63) is 23.8 Å². The van der Waals surface area contributed by atoms with Crippen molar-refractivity contribution >= 4 is 11.4 Å². The molecule has 0 fully saturated rings. The highest BCUT2D eigenvalue weighted by atomic mass is 16.3. The first kappa shape index (κ1) is 13.8. The van der Waals surface area contributed by atoms with Gasteiger partial charge in [-0.05, 0) is 42.5 Å². The summed E-state index contributed by atoms with van der Waals surface area (Å²) in [6.45, 7) is 8.93. The van der Waals surface area contributed by atoms with E-state index in [2.05, 4.69) is 26.1 Å². The number of nitrogens with one attached hydrogen (secondary N) is 1. The fourth-order valence-corrected chi connectivity index (χ4v) is 1.80. The van der Waals surface area contributed by atoms with Crippen LogP contribution in [0.5, 0.6) is 0 Å². The Hall–Kier alpha value is -1.22. The van der Waals surface area contributed by atoms with Crippen molar-refractivity contribution in [2.24, 2.45) is 5.41 Å². The highest BCUT2D eigenvalue weighted by molar-refractivity contribution is 5.56. The van der Waals surface area contributed by atoms with E-state index >= 15 is 0 Å². The van der Waals surface area contributed by atoms with Gasteiger partial charge < -0.3 is 16.2 Å². The number of anilines is 2. The third-order valence-electron chi connectivity index (χ3n) is 2.66. The van der Waals surface area contributed by atoms with Crippen LogP contribution in [-0.2, 0) is 0 Å². The molecule has 0 heterocycles. The largest absolute Gasteiger partial charge is 0.399 e. The molecule has 0 spiro atoms. The molecule has 1 aromatic carbocycles. The van der Waals surface area contributed by atoms with Crippen LogP contribution in [-0.4, -0.2) is 17.8 Å². The third kappa shape index (κ3) is 5.09. The number of aryl methyl sites for hydroxylation is 1. The number of nitrogen functional groups attached to an aromatic ring is 1. The molecule has 0 amide bonds. The molecule has 0 bridgehead atoms. The Kier molecular flexibility index (Phi) is 4.40. The predicted octanol–water partition coefficient (Wildman–Crippen LogP) is 2.79. The van der Waals surface area contributed by atoms with Crippen LogP contribution in [0.1, 0.15) is 32.8 Å². The number of rotatable bonds is 4. The molecule has 0 aliphatic heterocycles. The molecular weight excluding hydrogens is 212 g/mol. The van der Waals surface area contributed by atoms with Crippen LogP contribution >= 0.6 is 0 Å². The van der Waals surface area contributed by atoms with Gasteiger partial charge in [0, 0.05) is 17.9 Å². The molecule has 0 aliphatic carbocycles. The standard InChI is InChI=1S/C14H24N2O/c1-10-7-11(5-6-13(10)15)16-9-12(17)8-14(2,3)4/h5-7,12,16-17H,8-9,15H2,1-4H3. The maximum atomic E-state index is 9.88. The lowest BCUT2D eigenvalue weighted by atomic mass is 9.89. The summed E-state index contributed by atoms with van der Waals surface area (Å²) in [7, 11) is 0. The van der Waals surface area contributed by atoms with Gasteiger partial charge in [0.2, 0.25) is 0 Å². The summed E-state index contributed by atoms with van der Waals surface area (Å²) in [6.07, 6.45) is 0.460. The minimum atomic E-state index is -0.326. The summed E-state index contributed by atoms with van der Waals surface area (Å²) in [5, 5.41) is 13.1. The van der Waals surface area contributed by atoms with E-state index in [1.807, 2.05) is 25.1 Å². The van der Waals surface area contributed by atoms with Crippen molar-refractivity contribution in [3.63, 3.8) is 0 Å². The highest BCUT2D eigenvalue weighted by Gasteiger charge is 2.16. The maximum Gasteiger partial charge on any atom is 0.0717 e. The molecule has 1 atom stereocenters. The Labute approximate surface area is 104 Å². The monoisotopic (exact) mass is 236 g/mol. The predicted molar refractivity (Wildman–Crippen MR) is 74.2 cm³/mol. The van der Waals surface area contributed by atoms with Crippen LogP contribution in [0.2, 0.25) is 0 Å². The fraction of sp³-hybridized carbons (Fsp3) is 0.571. The summed E-state index contributed by atoms with van der Waals surface area (Å²) < 4.78 is 0. The molecule has 1 aromatic rings. The van der Waals surface area contributed by atoms with Crippen LogP contribution in [0, 0.1) is 12.3 Å². The van der Waals surface area contributed by atoms with Gasteiger partial charge in [0.25, 0.3) is 0 Å². The second-order valence-corrected chi connectivity index (χ2v) is 5.87. The minimum Gasteiger partial charge on any atom is -0.399 e. The van der Waals surface area contributed by atoms with Gasteiger partial charge in [0.1, 0.15) is 0 Å². The van der Waals surface area contributed by atoms with Crippen LogP contribution < -0.4 is 11.1 Å². The number of hydrogen-bond acceptors (Lipinski definition) is 3. The van der Waals surface area contributed by atoms with E-state index in [-0.39, 0.29) is 11.5 Å². The number of aliphatic hydroxyl groups is 1. The van der Waals surface area contributed by atoms with Crippen LogP contribution in [0.15, 0.2) is 18.2 Å². The van der Waals surface area contributed by atoms with Gasteiger partial charge in [-0.1, -0.05) is 20.8 Å². The topological polar surface area (TPSA) is 58.3 Å². The van der Waals surface area contributed by atoms with Gasteiger partial charge >= 0.3 is 0 Å². The van der Waals surface area contributed by atoms with E-state index in [4.69, 9.17) is 5.73 Å². The Balaban J connectivity index is 2.47. The molecule has 0 aliphatic rings. The Morgan fingerprint density at radius 1 is 1.35 bits per heavy atom. The number of nitrogens with two attached hydrogens (primary N) is 1.